The normalized spacial score (nSPS) is 23.2. The van der Waals surface area contributed by atoms with Gasteiger partial charge in [-0.2, -0.15) is 0 Å². The molecule has 2 amide bonds. The Bertz CT molecular complexity index is 988. The van der Waals surface area contributed by atoms with Gasteiger partial charge in [0.2, 0.25) is 0 Å². The van der Waals surface area contributed by atoms with Crippen LogP contribution in [0.3, 0.4) is 0 Å². The maximum Gasteiger partial charge on any atom is 0.314 e. The van der Waals surface area contributed by atoms with E-state index < -0.39 is 5.60 Å². The van der Waals surface area contributed by atoms with Gasteiger partial charge in [-0.1, -0.05) is 48.5 Å². The number of carbonyl (C=O) groups is 1. The van der Waals surface area contributed by atoms with Crippen molar-refractivity contribution in [1.29, 1.82) is 0 Å². The van der Waals surface area contributed by atoms with Crippen LogP contribution >= 0.6 is 0 Å². The Morgan fingerprint density at radius 1 is 0.946 bits per heavy atom. The zero-order valence-electron chi connectivity index (χ0n) is 21.9. The largest absolute Gasteiger partial charge is 0.390 e. The Labute approximate surface area is 221 Å². The number of hydrogen-bond acceptors (Lipinski definition) is 5. The highest BCUT2D eigenvalue weighted by molar-refractivity contribution is 5.73. The summed E-state index contributed by atoms with van der Waals surface area (Å²) in [5.41, 5.74) is 2.04. The summed E-state index contributed by atoms with van der Waals surface area (Å²) in [5, 5.41) is 17.2. The standard InChI is InChI=1S/C30H42N4O3/c35-28(31-16-11-30(36)12-17-34(18-13-30)27-9-5-2-6-10-27)32-21-26-23-33(22-25-7-3-1-4-8-25)24-29(26)14-19-37-20-15-29/h1-10,26,36H,11-24H2,(H2,31,32,35). The van der Waals surface area contributed by atoms with Crippen LogP contribution in [0.2, 0.25) is 0 Å². The number of anilines is 1. The molecule has 7 heteroatoms. The van der Waals surface area contributed by atoms with Crippen LogP contribution in [-0.2, 0) is 11.3 Å². The van der Waals surface area contributed by atoms with E-state index in [0.29, 0.717) is 25.4 Å². The number of urea groups is 1. The second kappa shape index (κ2) is 11.8. The van der Waals surface area contributed by atoms with E-state index in [9.17, 15) is 9.90 Å². The first-order valence-electron chi connectivity index (χ1n) is 13.9. The van der Waals surface area contributed by atoms with E-state index in [1.54, 1.807) is 0 Å². The lowest BCUT2D eigenvalue weighted by molar-refractivity contribution is 0.0000195. The highest BCUT2D eigenvalue weighted by Crippen LogP contribution is 2.44. The van der Waals surface area contributed by atoms with Crippen LogP contribution in [0.15, 0.2) is 60.7 Å². The van der Waals surface area contributed by atoms with Crippen molar-refractivity contribution in [3.63, 3.8) is 0 Å². The molecule has 3 aliphatic heterocycles. The first-order valence-corrected chi connectivity index (χ1v) is 13.9. The smallest absolute Gasteiger partial charge is 0.314 e. The van der Waals surface area contributed by atoms with Crippen molar-refractivity contribution in [2.24, 2.45) is 11.3 Å². The third kappa shape index (κ3) is 6.64. The number of piperidine rings is 1. The van der Waals surface area contributed by atoms with Crippen LogP contribution in [0.4, 0.5) is 10.5 Å². The van der Waals surface area contributed by atoms with Crippen molar-refractivity contribution >= 4 is 11.7 Å². The highest BCUT2D eigenvalue weighted by atomic mass is 16.5. The lowest BCUT2D eigenvalue weighted by Gasteiger charge is -2.39. The Morgan fingerprint density at radius 2 is 1.62 bits per heavy atom. The molecule has 1 unspecified atom stereocenters. The molecule has 5 rings (SSSR count). The van der Waals surface area contributed by atoms with E-state index in [2.05, 4.69) is 75.0 Å². The van der Waals surface area contributed by atoms with E-state index in [1.165, 1.54) is 11.3 Å². The van der Waals surface area contributed by atoms with Crippen LogP contribution in [-0.4, -0.2) is 74.1 Å². The first kappa shape index (κ1) is 26.0. The Hall–Kier alpha value is -2.61. The fourth-order valence-electron chi connectivity index (χ4n) is 6.49. The zero-order valence-corrected chi connectivity index (χ0v) is 21.9. The third-order valence-corrected chi connectivity index (χ3v) is 8.82. The van der Waals surface area contributed by atoms with Crippen molar-refractivity contribution in [2.75, 3.05) is 57.4 Å². The average molecular weight is 507 g/mol. The SMILES string of the molecule is O=C(NCCC1(O)CCN(c2ccccc2)CC1)NCC1CN(Cc2ccccc2)CC12CCOCC2. The molecule has 3 aliphatic rings. The summed E-state index contributed by atoms with van der Waals surface area (Å²) in [4.78, 5) is 17.5. The number of hydrogen-bond donors (Lipinski definition) is 3. The van der Waals surface area contributed by atoms with Gasteiger partial charge >= 0.3 is 6.03 Å². The van der Waals surface area contributed by atoms with E-state index in [-0.39, 0.29) is 11.4 Å². The molecule has 2 aromatic rings. The number of aliphatic hydroxyl groups is 1. The lowest BCUT2D eigenvalue weighted by Crippen LogP contribution is -2.48. The minimum Gasteiger partial charge on any atom is -0.390 e. The Morgan fingerprint density at radius 3 is 2.32 bits per heavy atom. The molecular formula is C30H42N4O3. The summed E-state index contributed by atoms with van der Waals surface area (Å²) in [6, 6.07) is 20.9. The number of amides is 2. The van der Waals surface area contributed by atoms with Crippen LogP contribution < -0.4 is 15.5 Å². The topological polar surface area (TPSA) is 77.1 Å². The van der Waals surface area contributed by atoms with Gasteiger partial charge in [-0.05, 0) is 61.1 Å². The molecule has 0 bridgehead atoms. The third-order valence-electron chi connectivity index (χ3n) is 8.82. The van der Waals surface area contributed by atoms with Gasteiger partial charge in [0.25, 0.3) is 0 Å². The molecule has 3 N–H and O–H groups in total. The molecule has 7 nitrogen and oxygen atoms in total. The van der Waals surface area contributed by atoms with Gasteiger partial charge in [-0.3, -0.25) is 4.90 Å². The summed E-state index contributed by atoms with van der Waals surface area (Å²) in [7, 11) is 0. The number of para-hydroxylation sites is 1. The molecule has 3 fully saturated rings. The van der Waals surface area contributed by atoms with Gasteiger partial charge in [0.1, 0.15) is 0 Å². The average Bonchev–Trinajstić information content (AvgIpc) is 3.24. The fraction of sp³-hybridized carbons (Fsp3) is 0.567. The molecule has 1 atom stereocenters. The van der Waals surface area contributed by atoms with Crippen molar-refractivity contribution < 1.29 is 14.6 Å². The monoisotopic (exact) mass is 506 g/mol. The maximum absolute atomic E-state index is 12.7. The number of carbonyl (C=O) groups excluding carboxylic acids is 1. The van der Waals surface area contributed by atoms with Crippen LogP contribution in [0.5, 0.6) is 0 Å². The van der Waals surface area contributed by atoms with Gasteiger partial charge in [0.15, 0.2) is 0 Å². The molecule has 0 aromatic heterocycles. The molecule has 0 saturated carbocycles. The molecule has 0 radical (unpaired) electrons. The molecule has 2 aromatic carbocycles. The maximum atomic E-state index is 12.7. The van der Waals surface area contributed by atoms with Crippen LogP contribution in [0.25, 0.3) is 0 Å². The first-order chi connectivity index (χ1) is 18.0. The highest BCUT2D eigenvalue weighted by Gasteiger charge is 2.47. The van der Waals surface area contributed by atoms with Gasteiger partial charge < -0.3 is 25.4 Å². The summed E-state index contributed by atoms with van der Waals surface area (Å²) in [5.74, 6) is 0.414. The number of likely N-dealkylation sites (tertiary alicyclic amines) is 1. The number of nitrogens with zero attached hydrogens (tertiary/aromatic N) is 2. The minimum absolute atomic E-state index is 0.131. The summed E-state index contributed by atoms with van der Waals surface area (Å²) in [6.07, 6.45) is 4.13. The quantitative estimate of drug-likeness (QED) is 0.510. The Kier molecular flexibility index (Phi) is 8.33. The minimum atomic E-state index is -0.714. The van der Waals surface area contributed by atoms with Gasteiger partial charge in [-0.25, -0.2) is 4.79 Å². The molecule has 1 spiro atoms. The molecule has 3 heterocycles. The predicted octanol–water partition coefficient (Wildman–Crippen LogP) is 3.64. The van der Waals surface area contributed by atoms with E-state index in [0.717, 1.165) is 71.6 Å². The zero-order chi connectivity index (χ0) is 25.6. The van der Waals surface area contributed by atoms with Crippen molar-refractivity contribution in [1.82, 2.24) is 15.5 Å². The second-order valence-electron chi connectivity index (χ2n) is 11.3. The van der Waals surface area contributed by atoms with Crippen molar-refractivity contribution in [2.45, 2.75) is 44.2 Å². The molecular weight excluding hydrogens is 464 g/mol. The van der Waals surface area contributed by atoms with E-state index in [4.69, 9.17) is 4.74 Å². The summed E-state index contributed by atoms with van der Waals surface area (Å²) in [6.45, 7) is 7.44. The molecule has 0 aliphatic carbocycles. The van der Waals surface area contributed by atoms with Crippen LogP contribution in [0, 0.1) is 11.3 Å². The van der Waals surface area contributed by atoms with Crippen molar-refractivity contribution in [3.8, 4) is 0 Å². The van der Waals surface area contributed by atoms with Crippen LogP contribution in [0.1, 0.15) is 37.7 Å². The van der Waals surface area contributed by atoms with Gasteiger partial charge in [0, 0.05) is 64.7 Å². The summed E-state index contributed by atoms with van der Waals surface area (Å²) >= 11 is 0. The van der Waals surface area contributed by atoms with E-state index >= 15 is 0 Å². The predicted molar refractivity (Wildman–Crippen MR) is 147 cm³/mol. The number of nitrogens with one attached hydrogen (secondary N) is 2. The second-order valence-corrected chi connectivity index (χ2v) is 11.3. The number of rotatable bonds is 8. The number of ether oxygens (including phenoxy) is 1. The molecule has 37 heavy (non-hydrogen) atoms. The van der Waals surface area contributed by atoms with E-state index in [1.807, 2.05) is 6.07 Å². The Balaban J connectivity index is 1.06. The fourth-order valence-corrected chi connectivity index (χ4v) is 6.49. The molecule has 200 valence electrons. The van der Waals surface area contributed by atoms with Gasteiger partial charge in [0.05, 0.1) is 5.60 Å². The summed E-state index contributed by atoms with van der Waals surface area (Å²) < 4.78 is 5.69. The number of benzene rings is 2. The lowest BCUT2D eigenvalue weighted by atomic mass is 9.72. The molecule has 3 saturated heterocycles. The van der Waals surface area contributed by atoms with Crippen molar-refractivity contribution in [3.05, 3.63) is 66.2 Å². The van der Waals surface area contributed by atoms with Gasteiger partial charge in [-0.15, -0.1) is 0 Å².